The van der Waals surface area contributed by atoms with Crippen LogP contribution in [0.3, 0.4) is 0 Å². The summed E-state index contributed by atoms with van der Waals surface area (Å²) in [6.07, 6.45) is 0. The third-order valence-electron chi connectivity index (χ3n) is 2.44. The molecule has 0 radical (unpaired) electrons. The fourth-order valence-electron chi connectivity index (χ4n) is 1.53. The van der Waals surface area contributed by atoms with Gasteiger partial charge in [-0.2, -0.15) is 0 Å². The first kappa shape index (κ1) is 15.1. The Morgan fingerprint density at radius 2 is 1.78 bits per heavy atom. The molecule has 1 aromatic rings. The Labute approximate surface area is 109 Å². The molecular formula is C13H21NO3S. The molecule has 1 aromatic carbocycles. The van der Waals surface area contributed by atoms with Crippen LogP contribution < -0.4 is 4.89 Å². The summed E-state index contributed by atoms with van der Waals surface area (Å²) in [5.41, 5.74) is 1.01. The Bertz CT molecular complexity index is 443. The summed E-state index contributed by atoms with van der Waals surface area (Å²) in [6, 6.07) is 9.57. The zero-order chi connectivity index (χ0) is 13.6. The Hall–Kier alpha value is -0.910. The quantitative estimate of drug-likeness (QED) is 0.774. The predicted molar refractivity (Wildman–Crippen MR) is 72.6 cm³/mol. The first-order chi connectivity index (χ1) is 8.41. The fourth-order valence-corrected chi connectivity index (χ4v) is 2.70. The summed E-state index contributed by atoms with van der Waals surface area (Å²) in [5, 5.41) is 0. The minimum absolute atomic E-state index is 0.0229. The molecule has 4 nitrogen and oxygen atoms in total. The first-order valence-electron chi connectivity index (χ1n) is 6.07. The van der Waals surface area contributed by atoms with E-state index in [0.29, 0.717) is 12.5 Å². The molecule has 0 amide bonds. The van der Waals surface area contributed by atoms with Gasteiger partial charge in [0.15, 0.2) is 0 Å². The van der Waals surface area contributed by atoms with Crippen molar-refractivity contribution in [3.63, 3.8) is 0 Å². The van der Waals surface area contributed by atoms with E-state index >= 15 is 0 Å². The van der Waals surface area contributed by atoms with Gasteiger partial charge < -0.3 is 0 Å². The molecular weight excluding hydrogens is 250 g/mol. The van der Waals surface area contributed by atoms with Crippen LogP contribution in [0.4, 0.5) is 0 Å². The van der Waals surface area contributed by atoms with Crippen LogP contribution in [0.1, 0.15) is 32.3 Å². The molecule has 0 saturated heterocycles. The molecule has 102 valence electrons. The summed E-state index contributed by atoms with van der Waals surface area (Å²) >= 11 is 0. The van der Waals surface area contributed by atoms with Gasteiger partial charge >= 0.3 is 0 Å². The highest BCUT2D eigenvalue weighted by atomic mass is 32.2. The number of hydrogen-bond acceptors (Lipinski definition) is 3. The number of sulfonamides is 1. The van der Waals surface area contributed by atoms with Crippen LogP contribution >= 0.6 is 0 Å². The minimum atomic E-state index is -3.40. The van der Waals surface area contributed by atoms with Crippen molar-refractivity contribution < 1.29 is 13.3 Å². The smallest absolute Gasteiger partial charge is 0.234 e. The van der Waals surface area contributed by atoms with Crippen LogP contribution in [0.15, 0.2) is 30.3 Å². The second-order valence-electron chi connectivity index (χ2n) is 4.88. The molecule has 18 heavy (non-hydrogen) atoms. The topological polar surface area (TPSA) is 55.4 Å². The van der Waals surface area contributed by atoms with E-state index in [9.17, 15) is 8.42 Å². The number of nitrogens with one attached hydrogen (secondary N) is 1. The molecule has 0 fully saturated rings. The maximum absolute atomic E-state index is 11.8. The van der Waals surface area contributed by atoms with E-state index in [1.165, 1.54) is 0 Å². The van der Waals surface area contributed by atoms with Crippen LogP contribution in [-0.2, 0) is 14.9 Å². The molecule has 0 bridgehead atoms. The van der Waals surface area contributed by atoms with Crippen LogP contribution in [0.5, 0.6) is 0 Å². The average molecular weight is 271 g/mol. The van der Waals surface area contributed by atoms with Gasteiger partial charge in [-0.25, -0.2) is 8.42 Å². The Balaban J connectivity index is 2.50. The summed E-state index contributed by atoms with van der Waals surface area (Å²) in [4.78, 5) is 7.12. The number of benzene rings is 1. The second-order valence-corrected chi connectivity index (χ2v) is 6.61. The monoisotopic (exact) mass is 271 g/mol. The van der Waals surface area contributed by atoms with Crippen molar-refractivity contribution >= 4 is 10.0 Å². The standard InChI is InChI=1S/C13H21NO3S/c1-11(2)9-17-14-18(15,16)10-12(3)13-7-5-4-6-8-13/h4-8,11-12,14H,9-10H2,1-3H3. The van der Waals surface area contributed by atoms with Crippen molar-refractivity contribution in [2.24, 2.45) is 5.92 Å². The van der Waals surface area contributed by atoms with Gasteiger partial charge in [0, 0.05) is 0 Å². The van der Waals surface area contributed by atoms with Gasteiger partial charge in [-0.05, 0) is 17.4 Å². The summed E-state index contributed by atoms with van der Waals surface area (Å²) in [6.45, 7) is 6.18. The molecule has 0 aliphatic rings. The van der Waals surface area contributed by atoms with Gasteiger partial charge in [-0.1, -0.05) is 56.0 Å². The van der Waals surface area contributed by atoms with E-state index in [4.69, 9.17) is 4.84 Å². The van der Waals surface area contributed by atoms with Gasteiger partial charge in [0.05, 0.1) is 12.4 Å². The normalized spacial score (nSPS) is 13.8. The molecule has 0 aromatic heterocycles. The van der Waals surface area contributed by atoms with Crippen molar-refractivity contribution in [1.29, 1.82) is 0 Å². The third-order valence-corrected chi connectivity index (χ3v) is 3.75. The van der Waals surface area contributed by atoms with Gasteiger partial charge in [-0.3, -0.25) is 4.84 Å². The maximum atomic E-state index is 11.8. The van der Waals surface area contributed by atoms with Gasteiger partial charge in [0.2, 0.25) is 10.0 Å². The largest absolute Gasteiger partial charge is 0.287 e. The fraction of sp³-hybridized carbons (Fsp3) is 0.538. The molecule has 0 heterocycles. The zero-order valence-corrected chi connectivity index (χ0v) is 11.9. The Morgan fingerprint density at radius 1 is 1.17 bits per heavy atom. The van der Waals surface area contributed by atoms with Crippen molar-refractivity contribution in [2.45, 2.75) is 26.7 Å². The highest BCUT2D eigenvalue weighted by molar-refractivity contribution is 7.89. The van der Waals surface area contributed by atoms with Crippen molar-refractivity contribution in [1.82, 2.24) is 4.89 Å². The van der Waals surface area contributed by atoms with Gasteiger partial charge in [0.1, 0.15) is 0 Å². The molecule has 5 heteroatoms. The third kappa shape index (κ3) is 5.62. The number of hydrogen-bond donors (Lipinski definition) is 1. The minimum Gasteiger partial charge on any atom is -0.287 e. The van der Waals surface area contributed by atoms with Crippen LogP contribution in [0.2, 0.25) is 0 Å². The average Bonchev–Trinajstić information content (AvgIpc) is 2.28. The van der Waals surface area contributed by atoms with Crippen LogP contribution in [-0.4, -0.2) is 20.8 Å². The van der Waals surface area contributed by atoms with Crippen molar-refractivity contribution in [3.8, 4) is 0 Å². The SMILES string of the molecule is CC(C)CONS(=O)(=O)CC(C)c1ccccc1. The highest BCUT2D eigenvalue weighted by Gasteiger charge is 2.17. The molecule has 0 aliphatic carbocycles. The lowest BCUT2D eigenvalue weighted by atomic mass is 10.0. The molecule has 0 saturated carbocycles. The second kappa shape index (κ2) is 6.87. The maximum Gasteiger partial charge on any atom is 0.234 e. The lowest BCUT2D eigenvalue weighted by Crippen LogP contribution is -2.30. The summed E-state index contributed by atoms with van der Waals surface area (Å²) in [5.74, 6) is 0.250. The lowest BCUT2D eigenvalue weighted by molar-refractivity contribution is 0.0718. The Morgan fingerprint density at radius 3 is 2.33 bits per heavy atom. The van der Waals surface area contributed by atoms with Crippen molar-refractivity contribution in [3.05, 3.63) is 35.9 Å². The molecule has 1 N–H and O–H groups in total. The zero-order valence-electron chi connectivity index (χ0n) is 11.1. The van der Waals surface area contributed by atoms with E-state index in [0.717, 1.165) is 5.56 Å². The highest BCUT2D eigenvalue weighted by Crippen LogP contribution is 2.16. The molecule has 1 unspecified atom stereocenters. The van der Waals surface area contributed by atoms with Gasteiger partial charge in [0.25, 0.3) is 0 Å². The van der Waals surface area contributed by atoms with E-state index in [1.807, 2.05) is 51.1 Å². The Kier molecular flexibility index (Phi) is 5.78. The van der Waals surface area contributed by atoms with E-state index < -0.39 is 10.0 Å². The predicted octanol–water partition coefficient (Wildman–Crippen LogP) is 2.30. The van der Waals surface area contributed by atoms with Crippen molar-refractivity contribution in [2.75, 3.05) is 12.4 Å². The van der Waals surface area contributed by atoms with Crippen LogP contribution in [0, 0.1) is 5.92 Å². The van der Waals surface area contributed by atoms with Crippen LogP contribution in [0.25, 0.3) is 0 Å². The summed E-state index contributed by atoms with van der Waals surface area (Å²) in [7, 11) is -3.40. The van der Waals surface area contributed by atoms with Gasteiger partial charge in [-0.15, -0.1) is 0 Å². The first-order valence-corrected chi connectivity index (χ1v) is 7.72. The van der Waals surface area contributed by atoms with E-state index in [-0.39, 0.29) is 11.7 Å². The molecule has 0 spiro atoms. The molecule has 0 aliphatic heterocycles. The number of rotatable bonds is 7. The summed E-state index contributed by atoms with van der Waals surface area (Å²) < 4.78 is 23.5. The molecule has 1 rings (SSSR count). The molecule has 1 atom stereocenters. The lowest BCUT2D eigenvalue weighted by Gasteiger charge is -2.13. The van der Waals surface area contributed by atoms with E-state index in [2.05, 4.69) is 4.89 Å². The van der Waals surface area contributed by atoms with E-state index in [1.54, 1.807) is 0 Å².